The number of carbonyl (C=O) groups is 2. The molecule has 0 saturated carbocycles. The molecule has 204 valence electrons. The highest BCUT2D eigenvalue weighted by molar-refractivity contribution is 6.33. The van der Waals surface area contributed by atoms with Crippen LogP contribution in [0.1, 0.15) is 39.5 Å². The molecule has 2 aliphatic rings. The van der Waals surface area contributed by atoms with Crippen LogP contribution in [0.3, 0.4) is 0 Å². The largest absolute Gasteiger partial charge is 0.466 e. The molecule has 2 fully saturated rings. The van der Waals surface area contributed by atoms with Crippen molar-refractivity contribution in [3.05, 3.63) is 40.2 Å². The SMILES string of the molecule is CCOC(=O)C1CCN(c2cc(Cl)ncn2)CC1.CCOC(=O)C1CCNCC1.Clc1cc(Cl)ncn1. The highest BCUT2D eigenvalue weighted by Crippen LogP contribution is 2.23. The van der Waals surface area contributed by atoms with Crippen LogP contribution in [-0.2, 0) is 19.1 Å². The van der Waals surface area contributed by atoms with E-state index in [4.69, 9.17) is 44.3 Å². The van der Waals surface area contributed by atoms with Crippen LogP contribution in [0.5, 0.6) is 0 Å². The lowest BCUT2D eigenvalue weighted by atomic mass is 9.97. The van der Waals surface area contributed by atoms with Crippen LogP contribution in [0, 0.1) is 11.8 Å². The van der Waals surface area contributed by atoms with E-state index in [1.165, 1.54) is 18.7 Å². The first-order chi connectivity index (χ1) is 17.8. The summed E-state index contributed by atoms with van der Waals surface area (Å²) in [5, 5.41) is 4.37. The topological polar surface area (TPSA) is 119 Å². The van der Waals surface area contributed by atoms with Gasteiger partial charge in [0.2, 0.25) is 0 Å². The Hall–Kier alpha value is -2.27. The smallest absolute Gasteiger partial charge is 0.309 e. The first-order valence-electron chi connectivity index (χ1n) is 12.2. The second-order valence-electron chi connectivity index (χ2n) is 8.15. The first kappa shape index (κ1) is 31.0. The molecular weight excluding hydrogens is 543 g/mol. The summed E-state index contributed by atoms with van der Waals surface area (Å²) in [7, 11) is 0. The van der Waals surface area contributed by atoms with E-state index in [-0.39, 0.29) is 23.8 Å². The number of halogens is 3. The summed E-state index contributed by atoms with van der Waals surface area (Å²) < 4.78 is 9.95. The Kier molecular flexibility index (Phi) is 14.5. The Labute approximate surface area is 232 Å². The first-order valence-corrected chi connectivity index (χ1v) is 13.4. The number of ether oxygens (including phenoxy) is 2. The molecule has 4 heterocycles. The van der Waals surface area contributed by atoms with E-state index >= 15 is 0 Å². The van der Waals surface area contributed by atoms with E-state index in [0.29, 0.717) is 28.7 Å². The van der Waals surface area contributed by atoms with Crippen LogP contribution < -0.4 is 10.2 Å². The number of nitrogens with zero attached hydrogens (tertiary/aromatic N) is 5. The van der Waals surface area contributed by atoms with Gasteiger partial charge in [-0.25, -0.2) is 19.9 Å². The number of hydrogen-bond acceptors (Lipinski definition) is 10. The van der Waals surface area contributed by atoms with E-state index in [2.05, 4.69) is 30.2 Å². The number of piperidine rings is 2. The number of anilines is 1. The lowest BCUT2D eigenvalue weighted by Crippen LogP contribution is -2.37. The molecule has 0 radical (unpaired) electrons. The number of rotatable bonds is 5. The molecular formula is C24H33Cl3N6O4. The third-order valence-electron chi connectivity index (χ3n) is 5.62. The Morgan fingerprint density at radius 1 is 0.811 bits per heavy atom. The second kappa shape index (κ2) is 17.3. The maximum Gasteiger partial charge on any atom is 0.309 e. The van der Waals surface area contributed by atoms with Crippen molar-refractivity contribution in [2.45, 2.75) is 39.5 Å². The van der Waals surface area contributed by atoms with Crippen molar-refractivity contribution in [1.29, 1.82) is 0 Å². The van der Waals surface area contributed by atoms with Gasteiger partial charge < -0.3 is 19.7 Å². The van der Waals surface area contributed by atoms with Gasteiger partial charge in [0.1, 0.15) is 33.9 Å². The van der Waals surface area contributed by atoms with E-state index in [1.807, 2.05) is 13.8 Å². The summed E-state index contributed by atoms with van der Waals surface area (Å²) in [6, 6.07) is 3.22. The van der Waals surface area contributed by atoms with Gasteiger partial charge in [-0.1, -0.05) is 34.8 Å². The Morgan fingerprint density at radius 3 is 1.70 bits per heavy atom. The predicted octanol–water partition coefficient (Wildman–Crippen LogP) is 4.24. The van der Waals surface area contributed by atoms with Gasteiger partial charge in [0.05, 0.1) is 25.0 Å². The fourth-order valence-corrected chi connectivity index (χ4v) is 4.22. The minimum Gasteiger partial charge on any atom is -0.466 e. The second-order valence-corrected chi connectivity index (χ2v) is 9.31. The summed E-state index contributed by atoms with van der Waals surface area (Å²) in [5.74, 6) is 0.874. The van der Waals surface area contributed by atoms with Crippen molar-refractivity contribution in [2.24, 2.45) is 11.8 Å². The summed E-state index contributed by atoms with van der Waals surface area (Å²) in [6.07, 6.45) is 6.21. The van der Waals surface area contributed by atoms with E-state index < -0.39 is 0 Å². The lowest BCUT2D eigenvalue weighted by molar-refractivity contribution is -0.149. The third kappa shape index (κ3) is 11.8. The van der Waals surface area contributed by atoms with E-state index in [1.54, 1.807) is 6.07 Å². The minimum atomic E-state index is -0.0853. The maximum absolute atomic E-state index is 11.6. The van der Waals surface area contributed by atoms with Crippen molar-refractivity contribution in [2.75, 3.05) is 44.3 Å². The van der Waals surface area contributed by atoms with Crippen LogP contribution in [0.15, 0.2) is 24.8 Å². The number of nitrogens with one attached hydrogen (secondary N) is 1. The number of esters is 2. The van der Waals surface area contributed by atoms with Crippen LogP contribution in [-0.4, -0.2) is 71.3 Å². The number of hydrogen-bond donors (Lipinski definition) is 1. The molecule has 37 heavy (non-hydrogen) atoms. The molecule has 2 aliphatic heterocycles. The molecule has 2 aromatic heterocycles. The minimum absolute atomic E-state index is 0.0125. The zero-order valence-corrected chi connectivity index (χ0v) is 23.3. The van der Waals surface area contributed by atoms with E-state index in [9.17, 15) is 9.59 Å². The molecule has 0 aromatic carbocycles. The molecule has 0 unspecified atom stereocenters. The molecule has 0 amide bonds. The summed E-state index contributed by atoms with van der Waals surface area (Å²) >= 11 is 16.7. The van der Waals surface area contributed by atoms with Crippen molar-refractivity contribution in [3.8, 4) is 0 Å². The monoisotopic (exact) mass is 574 g/mol. The van der Waals surface area contributed by atoms with Crippen molar-refractivity contribution in [1.82, 2.24) is 25.3 Å². The highest BCUT2D eigenvalue weighted by Gasteiger charge is 2.26. The lowest BCUT2D eigenvalue weighted by Gasteiger charge is -2.31. The molecule has 0 spiro atoms. The molecule has 10 nitrogen and oxygen atoms in total. The zero-order valence-electron chi connectivity index (χ0n) is 21.0. The van der Waals surface area contributed by atoms with Crippen LogP contribution >= 0.6 is 34.8 Å². The highest BCUT2D eigenvalue weighted by atomic mass is 35.5. The van der Waals surface area contributed by atoms with Crippen molar-refractivity contribution < 1.29 is 19.1 Å². The van der Waals surface area contributed by atoms with Gasteiger partial charge in [-0.05, 0) is 52.6 Å². The molecule has 0 bridgehead atoms. The summed E-state index contributed by atoms with van der Waals surface area (Å²) in [5.41, 5.74) is 0. The third-order valence-corrected chi connectivity index (χ3v) is 6.24. The molecule has 13 heteroatoms. The fourth-order valence-electron chi connectivity index (χ4n) is 3.73. The predicted molar refractivity (Wildman–Crippen MR) is 143 cm³/mol. The molecule has 0 aliphatic carbocycles. The molecule has 2 aromatic rings. The number of carbonyl (C=O) groups excluding carboxylic acids is 2. The van der Waals surface area contributed by atoms with Gasteiger partial charge in [0.25, 0.3) is 0 Å². The average molecular weight is 576 g/mol. The van der Waals surface area contributed by atoms with Gasteiger partial charge >= 0.3 is 11.9 Å². The van der Waals surface area contributed by atoms with Crippen LogP contribution in [0.25, 0.3) is 0 Å². The Bertz CT molecular complexity index is 956. The standard InChI is InChI=1S/C12H16ClN3O2.C8H15NO2.C4H2Cl2N2/c1-2-18-12(17)9-3-5-16(6-4-9)11-7-10(13)14-8-15-11;1-2-11-8(10)7-3-5-9-6-4-7;5-3-1-4(6)8-2-7-3/h7-9H,2-6H2,1H3;7,9H,2-6H2,1H3;1-2H. The number of aromatic nitrogens is 4. The average Bonchev–Trinajstić information content (AvgIpc) is 2.90. The van der Waals surface area contributed by atoms with Gasteiger partial charge in [-0.2, -0.15) is 0 Å². The normalized spacial score (nSPS) is 16.0. The quantitative estimate of drug-likeness (QED) is 0.409. The molecule has 1 N–H and O–H groups in total. The van der Waals surface area contributed by atoms with Crippen molar-refractivity contribution in [3.63, 3.8) is 0 Å². The van der Waals surface area contributed by atoms with Gasteiger partial charge in [-0.3, -0.25) is 9.59 Å². The van der Waals surface area contributed by atoms with Crippen LogP contribution in [0.4, 0.5) is 5.82 Å². The summed E-state index contributed by atoms with van der Waals surface area (Å²) in [6.45, 7) is 8.10. The maximum atomic E-state index is 11.6. The van der Waals surface area contributed by atoms with E-state index in [0.717, 1.165) is 57.7 Å². The zero-order chi connectivity index (χ0) is 27.0. The Morgan fingerprint density at radius 2 is 1.27 bits per heavy atom. The summed E-state index contributed by atoms with van der Waals surface area (Å²) in [4.78, 5) is 40.1. The molecule has 4 rings (SSSR count). The van der Waals surface area contributed by atoms with Crippen molar-refractivity contribution >= 4 is 52.6 Å². The van der Waals surface area contributed by atoms with Gasteiger partial charge in [0.15, 0.2) is 0 Å². The fraction of sp³-hybridized carbons (Fsp3) is 0.583. The van der Waals surface area contributed by atoms with Crippen LogP contribution in [0.2, 0.25) is 15.5 Å². The van der Waals surface area contributed by atoms with Gasteiger partial charge in [0, 0.05) is 25.2 Å². The molecule has 2 saturated heterocycles. The van der Waals surface area contributed by atoms with Gasteiger partial charge in [-0.15, -0.1) is 0 Å². The Balaban J connectivity index is 0.000000215. The molecule has 0 atom stereocenters.